The molecule has 1 aliphatic heterocycles. The molecule has 1 saturated heterocycles. The SMILES string of the molecule is CC1CCCC(N=C2NC(C)(C)CS2)CC1. The number of hydrogen-bond donors (Lipinski definition) is 1. The number of hydrogen-bond acceptors (Lipinski definition) is 2. The van der Waals surface area contributed by atoms with E-state index in [1.54, 1.807) is 0 Å². The van der Waals surface area contributed by atoms with Crippen LogP contribution in [0.25, 0.3) is 0 Å². The van der Waals surface area contributed by atoms with Crippen LogP contribution in [0.1, 0.15) is 52.9 Å². The molecule has 0 bridgehead atoms. The topological polar surface area (TPSA) is 24.4 Å². The van der Waals surface area contributed by atoms with E-state index in [2.05, 4.69) is 26.1 Å². The molecule has 3 heteroatoms. The van der Waals surface area contributed by atoms with Gasteiger partial charge in [0.1, 0.15) is 0 Å². The summed E-state index contributed by atoms with van der Waals surface area (Å²) in [5.74, 6) is 2.06. The van der Waals surface area contributed by atoms with Crippen molar-refractivity contribution in [3.8, 4) is 0 Å². The van der Waals surface area contributed by atoms with Crippen LogP contribution in [0.3, 0.4) is 0 Å². The number of nitrogens with one attached hydrogen (secondary N) is 1. The summed E-state index contributed by atoms with van der Waals surface area (Å²) in [6.07, 6.45) is 6.68. The van der Waals surface area contributed by atoms with Gasteiger partial charge in [0.2, 0.25) is 0 Å². The van der Waals surface area contributed by atoms with Crippen LogP contribution in [0.15, 0.2) is 4.99 Å². The zero-order valence-electron chi connectivity index (χ0n) is 10.8. The largest absolute Gasteiger partial charge is 0.359 e. The van der Waals surface area contributed by atoms with Crippen molar-refractivity contribution in [1.82, 2.24) is 5.32 Å². The fourth-order valence-corrected chi connectivity index (χ4v) is 3.58. The maximum absolute atomic E-state index is 4.89. The molecule has 1 aliphatic carbocycles. The molecular formula is C13H24N2S. The van der Waals surface area contributed by atoms with Crippen molar-refractivity contribution in [3.05, 3.63) is 0 Å². The number of nitrogens with zero attached hydrogens (tertiary/aromatic N) is 1. The highest BCUT2D eigenvalue weighted by Crippen LogP contribution is 2.27. The van der Waals surface area contributed by atoms with Gasteiger partial charge in [-0.25, -0.2) is 0 Å². The van der Waals surface area contributed by atoms with Crippen molar-refractivity contribution >= 4 is 16.9 Å². The standard InChI is InChI=1S/C13H24N2S/c1-10-5-4-6-11(8-7-10)14-12-15-13(2,3)9-16-12/h10-11H,4-9H2,1-3H3,(H,14,15). The van der Waals surface area contributed by atoms with Crippen LogP contribution in [0, 0.1) is 5.92 Å². The molecule has 2 nitrogen and oxygen atoms in total. The number of aliphatic imine (C=N–C) groups is 1. The summed E-state index contributed by atoms with van der Waals surface area (Å²) >= 11 is 1.89. The first kappa shape index (κ1) is 12.3. The fraction of sp³-hybridized carbons (Fsp3) is 0.923. The first-order chi connectivity index (χ1) is 7.55. The number of amidine groups is 1. The van der Waals surface area contributed by atoms with E-state index in [1.807, 2.05) is 11.8 Å². The Morgan fingerprint density at radius 2 is 2.06 bits per heavy atom. The van der Waals surface area contributed by atoms with Gasteiger partial charge in [0.05, 0.1) is 6.04 Å². The Hall–Kier alpha value is -0.180. The Kier molecular flexibility index (Phi) is 3.83. The molecule has 2 aliphatic rings. The van der Waals surface area contributed by atoms with E-state index in [0.29, 0.717) is 6.04 Å². The third kappa shape index (κ3) is 3.41. The van der Waals surface area contributed by atoms with Crippen molar-refractivity contribution in [2.75, 3.05) is 5.75 Å². The molecule has 1 saturated carbocycles. The lowest BCUT2D eigenvalue weighted by molar-refractivity contribution is 0.498. The van der Waals surface area contributed by atoms with Gasteiger partial charge in [-0.15, -0.1) is 0 Å². The quantitative estimate of drug-likeness (QED) is 0.710. The summed E-state index contributed by atoms with van der Waals surface area (Å²) in [7, 11) is 0. The predicted molar refractivity (Wildman–Crippen MR) is 73.1 cm³/mol. The first-order valence-electron chi connectivity index (χ1n) is 6.54. The summed E-state index contributed by atoms with van der Waals surface area (Å²) in [5.41, 5.74) is 0.238. The summed E-state index contributed by atoms with van der Waals surface area (Å²) in [6, 6.07) is 0.578. The number of rotatable bonds is 1. The second-order valence-corrected chi connectivity index (χ2v) is 6.96. The summed E-state index contributed by atoms with van der Waals surface area (Å²) in [4.78, 5) is 4.89. The average Bonchev–Trinajstić information content (AvgIpc) is 2.41. The average molecular weight is 240 g/mol. The third-order valence-corrected chi connectivity index (χ3v) is 4.89. The van der Waals surface area contributed by atoms with Gasteiger partial charge in [0, 0.05) is 11.3 Å². The molecule has 2 atom stereocenters. The zero-order chi connectivity index (χ0) is 11.6. The van der Waals surface area contributed by atoms with Gasteiger partial charge >= 0.3 is 0 Å². The zero-order valence-corrected chi connectivity index (χ0v) is 11.6. The lowest BCUT2D eigenvalue weighted by Crippen LogP contribution is -2.37. The second-order valence-electron chi connectivity index (χ2n) is 6.00. The summed E-state index contributed by atoms with van der Waals surface area (Å²) in [6.45, 7) is 6.87. The van der Waals surface area contributed by atoms with Gasteiger partial charge in [-0.05, 0) is 39.0 Å². The summed E-state index contributed by atoms with van der Waals surface area (Å²) < 4.78 is 0. The fourth-order valence-electron chi connectivity index (χ4n) is 2.44. The second kappa shape index (κ2) is 4.99. The monoisotopic (exact) mass is 240 g/mol. The van der Waals surface area contributed by atoms with Crippen molar-refractivity contribution in [2.24, 2.45) is 10.9 Å². The van der Waals surface area contributed by atoms with Crippen molar-refractivity contribution < 1.29 is 0 Å². The highest BCUT2D eigenvalue weighted by atomic mass is 32.2. The Labute approximate surface area is 104 Å². The molecule has 0 spiro atoms. The van der Waals surface area contributed by atoms with E-state index in [9.17, 15) is 0 Å². The molecular weight excluding hydrogens is 216 g/mol. The first-order valence-corrected chi connectivity index (χ1v) is 7.52. The Morgan fingerprint density at radius 1 is 1.25 bits per heavy atom. The molecule has 1 heterocycles. The third-order valence-electron chi connectivity index (χ3n) is 3.54. The maximum Gasteiger partial charge on any atom is 0.157 e. The molecule has 92 valence electrons. The molecule has 2 rings (SSSR count). The van der Waals surface area contributed by atoms with Gasteiger partial charge in [0.15, 0.2) is 5.17 Å². The van der Waals surface area contributed by atoms with E-state index in [-0.39, 0.29) is 5.54 Å². The van der Waals surface area contributed by atoms with Gasteiger partial charge in [0.25, 0.3) is 0 Å². The lowest BCUT2D eigenvalue weighted by Gasteiger charge is -2.17. The Morgan fingerprint density at radius 3 is 2.75 bits per heavy atom. The Bertz CT molecular complexity index is 273. The van der Waals surface area contributed by atoms with E-state index in [4.69, 9.17) is 4.99 Å². The van der Waals surface area contributed by atoms with E-state index >= 15 is 0 Å². The van der Waals surface area contributed by atoms with E-state index in [0.717, 1.165) is 11.7 Å². The molecule has 0 radical (unpaired) electrons. The van der Waals surface area contributed by atoms with Crippen LogP contribution in [-0.2, 0) is 0 Å². The van der Waals surface area contributed by atoms with Crippen LogP contribution in [0.5, 0.6) is 0 Å². The van der Waals surface area contributed by atoms with Gasteiger partial charge in [-0.2, -0.15) is 0 Å². The van der Waals surface area contributed by atoms with Crippen LogP contribution >= 0.6 is 11.8 Å². The van der Waals surface area contributed by atoms with Crippen molar-refractivity contribution in [1.29, 1.82) is 0 Å². The van der Waals surface area contributed by atoms with Gasteiger partial charge in [-0.1, -0.05) is 31.5 Å². The molecule has 0 aromatic rings. The highest BCUT2D eigenvalue weighted by molar-refractivity contribution is 8.14. The molecule has 0 aromatic carbocycles. The van der Waals surface area contributed by atoms with Gasteiger partial charge in [-0.3, -0.25) is 4.99 Å². The van der Waals surface area contributed by atoms with E-state index in [1.165, 1.54) is 37.3 Å². The lowest BCUT2D eigenvalue weighted by atomic mass is 10.0. The number of thioether (sulfide) groups is 1. The Balaban J connectivity index is 1.91. The van der Waals surface area contributed by atoms with Crippen molar-refractivity contribution in [2.45, 2.75) is 64.5 Å². The molecule has 1 N–H and O–H groups in total. The smallest absolute Gasteiger partial charge is 0.157 e. The highest BCUT2D eigenvalue weighted by Gasteiger charge is 2.28. The normalized spacial score (nSPS) is 37.1. The van der Waals surface area contributed by atoms with E-state index < -0.39 is 0 Å². The molecule has 2 unspecified atom stereocenters. The van der Waals surface area contributed by atoms with Crippen LogP contribution in [0.2, 0.25) is 0 Å². The summed E-state index contributed by atoms with van der Waals surface area (Å²) in [5, 5.41) is 4.71. The minimum absolute atomic E-state index is 0.238. The minimum atomic E-state index is 0.238. The minimum Gasteiger partial charge on any atom is -0.359 e. The molecule has 2 fully saturated rings. The maximum atomic E-state index is 4.89. The van der Waals surface area contributed by atoms with Crippen LogP contribution in [-0.4, -0.2) is 22.5 Å². The van der Waals surface area contributed by atoms with Gasteiger partial charge < -0.3 is 5.32 Å². The van der Waals surface area contributed by atoms with Crippen molar-refractivity contribution in [3.63, 3.8) is 0 Å². The van der Waals surface area contributed by atoms with Crippen LogP contribution in [0.4, 0.5) is 0 Å². The molecule has 0 aromatic heterocycles. The molecule has 16 heavy (non-hydrogen) atoms. The van der Waals surface area contributed by atoms with Crippen LogP contribution < -0.4 is 5.32 Å². The molecule has 0 amide bonds. The predicted octanol–water partition coefficient (Wildman–Crippen LogP) is 3.43.